The van der Waals surface area contributed by atoms with Crippen molar-refractivity contribution in [2.75, 3.05) is 18.0 Å². The maximum Gasteiger partial charge on any atom is 0.274 e. The van der Waals surface area contributed by atoms with Gasteiger partial charge in [0.25, 0.3) is 5.56 Å². The number of fused-ring (bicyclic) bond motifs is 1. The molecule has 0 unspecified atom stereocenters. The van der Waals surface area contributed by atoms with E-state index in [2.05, 4.69) is 14.9 Å². The summed E-state index contributed by atoms with van der Waals surface area (Å²) in [5.74, 6) is 0. The number of hydrogen-bond acceptors (Lipinski definition) is 5. The second-order valence-corrected chi connectivity index (χ2v) is 6.47. The zero-order valence-corrected chi connectivity index (χ0v) is 13.1. The van der Waals surface area contributed by atoms with E-state index in [1.165, 1.54) is 30.6 Å². The normalized spacial score (nSPS) is 15.9. The molecule has 1 aliphatic rings. The van der Waals surface area contributed by atoms with Crippen LogP contribution in [0, 0.1) is 4.77 Å². The number of nitrogens with one attached hydrogen (secondary N) is 1. The van der Waals surface area contributed by atoms with E-state index in [-0.39, 0.29) is 5.56 Å². The van der Waals surface area contributed by atoms with Gasteiger partial charge in [-0.1, -0.05) is 18.3 Å². The quantitative estimate of drug-likeness (QED) is 0.886. The molecule has 1 N–H and O–H groups in total. The van der Waals surface area contributed by atoms with Gasteiger partial charge in [0, 0.05) is 19.6 Å². The number of nitrogens with zero attached hydrogens (tertiary/aromatic N) is 3. The zero-order chi connectivity index (χ0) is 14.1. The highest BCUT2D eigenvalue weighted by atomic mass is 32.1. The van der Waals surface area contributed by atoms with Crippen molar-refractivity contribution in [2.45, 2.75) is 39.2 Å². The van der Waals surface area contributed by atoms with Crippen molar-refractivity contribution < 1.29 is 0 Å². The lowest BCUT2D eigenvalue weighted by Gasteiger charge is -2.25. The third-order valence-electron chi connectivity index (χ3n) is 3.60. The van der Waals surface area contributed by atoms with E-state index in [0.29, 0.717) is 21.7 Å². The van der Waals surface area contributed by atoms with Gasteiger partial charge in [0.05, 0.1) is 0 Å². The first kappa shape index (κ1) is 13.8. The minimum absolute atomic E-state index is 0.00800. The molecule has 5 nitrogen and oxygen atoms in total. The molecular weight excluding hydrogens is 292 g/mol. The molecule has 0 spiro atoms. The van der Waals surface area contributed by atoms with Crippen LogP contribution in [0.25, 0.3) is 10.3 Å². The first-order valence-corrected chi connectivity index (χ1v) is 8.32. The van der Waals surface area contributed by atoms with Gasteiger partial charge >= 0.3 is 0 Å². The van der Waals surface area contributed by atoms with Gasteiger partial charge in [-0.15, -0.1) is 0 Å². The Labute approximate surface area is 126 Å². The van der Waals surface area contributed by atoms with Crippen molar-refractivity contribution >= 4 is 39.0 Å². The maximum atomic E-state index is 12.5. The number of piperidine rings is 1. The van der Waals surface area contributed by atoms with Crippen LogP contribution in [0.3, 0.4) is 0 Å². The smallest absolute Gasteiger partial charge is 0.274 e. The Balaban J connectivity index is 2.08. The van der Waals surface area contributed by atoms with E-state index in [9.17, 15) is 4.79 Å². The number of H-pyrrole nitrogens is 1. The van der Waals surface area contributed by atoms with Crippen molar-refractivity contribution in [3.05, 3.63) is 15.1 Å². The zero-order valence-electron chi connectivity index (χ0n) is 11.5. The van der Waals surface area contributed by atoms with Crippen LogP contribution in [0.1, 0.15) is 32.6 Å². The summed E-state index contributed by atoms with van der Waals surface area (Å²) in [5, 5.41) is 0.941. The van der Waals surface area contributed by atoms with Gasteiger partial charge in [0.15, 0.2) is 15.5 Å². The van der Waals surface area contributed by atoms with Crippen LogP contribution < -0.4 is 10.5 Å². The van der Waals surface area contributed by atoms with Crippen molar-refractivity contribution in [1.29, 1.82) is 0 Å². The Morgan fingerprint density at radius 2 is 2.10 bits per heavy atom. The summed E-state index contributed by atoms with van der Waals surface area (Å²) in [7, 11) is 0. The lowest BCUT2D eigenvalue weighted by atomic mass is 10.1. The summed E-state index contributed by atoms with van der Waals surface area (Å²) in [6, 6.07) is 0. The first-order valence-electron chi connectivity index (χ1n) is 7.09. The summed E-state index contributed by atoms with van der Waals surface area (Å²) in [5.41, 5.74) is 0.629. The molecule has 0 amide bonds. The largest absolute Gasteiger partial charge is 0.348 e. The molecule has 0 aliphatic carbocycles. The van der Waals surface area contributed by atoms with Gasteiger partial charge < -0.3 is 9.88 Å². The molecule has 0 atom stereocenters. The molecule has 0 bridgehead atoms. The lowest BCUT2D eigenvalue weighted by Crippen LogP contribution is -2.29. The predicted molar refractivity (Wildman–Crippen MR) is 85.4 cm³/mol. The second-order valence-electron chi connectivity index (χ2n) is 5.11. The van der Waals surface area contributed by atoms with E-state index >= 15 is 0 Å². The van der Waals surface area contributed by atoms with Crippen LogP contribution >= 0.6 is 23.6 Å². The topological polar surface area (TPSA) is 53.9 Å². The number of rotatable bonds is 3. The minimum atomic E-state index is -0.00800. The molecule has 7 heteroatoms. The fraction of sp³-hybridized carbons (Fsp3) is 0.615. The highest BCUT2D eigenvalue weighted by molar-refractivity contribution is 7.71. The third-order valence-corrected chi connectivity index (χ3v) is 5.03. The number of aromatic amines is 1. The van der Waals surface area contributed by atoms with Crippen molar-refractivity contribution in [3.8, 4) is 0 Å². The molecule has 0 saturated carbocycles. The van der Waals surface area contributed by atoms with Crippen molar-refractivity contribution in [1.82, 2.24) is 14.5 Å². The molecule has 108 valence electrons. The van der Waals surface area contributed by atoms with E-state index in [0.717, 1.165) is 24.6 Å². The van der Waals surface area contributed by atoms with Crippen LogP contribution in [-0.2, 0) is 6.54 Å². The Hall–Kier alpha value is -1.21. The van der Waals surface area contributed by atoms with Crippen LogP contribution in [0.2, 0.25) is 0 Å². The van der Waals surface area contributed by atoms with Gasteiger partial charge in [0.2, 0.25) is 0 Å². The molecule has 3 rings (SSSR count). The number of anilines is 1. The van der Waals surface area contributed by atoms with Gasteiger partial charge in [-0.3, -0.25) is 9.36 Å². The van der Waals surface area contributed by atoms with E-state index in [1.807, 2.05) is 6.92 Å². The second kappa shape index (κ2) is 5.65. The molecule has 0 radical (unpaired) electrons. The minimum Gasteiger partial charge on any atom is -0.348 e. The Bertz CT molecular complexity index is 724. The Morgan fingerprint density at radius 1 is 1.35 bits per heavy atom. The molecule has 0 aromatic carbocycles. The van der Waals surface area contributed by atoms with Gasteiger partial charge in [-0.2, -0.15) is 0 Å². The summed E-state index contributed by atoms with van der Waals surface area (Å²) in [6.07, 6.45) is 4.58. The molecule has 1 saturated heterocycles. The third kappa shape index (κ3) is 2.40. The highest BCUT2D eigenvalue weighted by Crippen LogP contribution is 2.27. The van der Waals surface area contributed by atoms with Crippen LogP contribution in [0.15, 0.2) is 4.79 Å². The maximum absolute atomic E-state index is 12.5. The lowest BCUT2D eigenvalue weighted by molar-refractivity contribution is 0.577. The van der Waals surface area contributed by atoms with Gasteiger partial charge in [-0.05, 0) is 37.9 Å². The number of thiazole rings is 1. The molecule has 1 fully saturated rings. The summed E-state index contributed by atoms with van der Waals surface area (Å²) >= 11 is 6.74. The fourth-order valence-corrected chi connectivity index (χ4v) is 3.86. The molecule has 2 aromatic rings. The van der Waals surface area contributed by atoms with E-state index in [4.69, 9.17) is 12.2 Å². The molecule has 20 heavy (non-hydrogen) atoms. The van der Waals surface area contributed by atoms with Crippen LogP contribution in [0.5, 0.6) is 0 Å². The molecule has 2 aromatic heterocycles. The summed E-state index contributed by atoms with van der Waals surface area (Å²) in [4.78, 5) is 22.4. The SMILES string of the molecule is CCCn1c(=S)[nH]c2nc(N3CCCCC3)sc2c1=O. The molecule has 3 heterocycles. The fourth-order valence-electron chi connectivity index (χ4n) is 2.57. The molecular formula is C13H18N4OS2. The first-order chi connectivity index (χ1) is 9.70. The predicted octanol–water partition coefficient (Wildman–Crippen LogP) is 2.92. The van der Waals surface area contributed by atoms with Gasteiger partial charge in [-0.25, -0.2) is 4.98 Å². The average Bonchev–Trinajstić information content (AvgIpc) is 2.88. The Kier molecular flexibility index (Phi) is 3.89. The monoisotopic (exact) mass is 310 g/mol. The van der Waals surface area contributed by atoms with Crippen molar-refractivity contribution in [2.24, 2.45) is 0 Å². The van der Waals surface area contributed by atoms with Crippen LogP contribution in [0.4, 0.5) is 5.13 Å². The van der Waals surface area contributed by atoms with Crippen LogP contribution in [-0.4, -0.2) is 27.6 Å². The average molecular weight is 310 g/mol. The Morgan fingerprint density at radius 3 is 2.80 bits per heavy atom. The summed E-state index contributed by atoms with van der Waals surface area (Å²) < 4.78 is 2.79. The standard InChI is InChI=1S/C13H18N4OS2/c1-2-6-17-11(18)9-10(14-12(17)19)15-13(20-9)16-7-4-3-5-8-16/h2-8H2,1H3,(H,14,19). The highest BCUT2D eigenvalue weighted by Gasteiger charge is 2.17. The number of hydrogen-bond donors (Lipinski definition) is 1. The summed E-state index contributed by atoms with van der Waals surface area (Å²) in [6.45, 7) is 4.76. The van der Waals surface area contributed by atoms with Crippen molar-refractivity contribution in [3.63, 3.8) is 0 Å². The van der Waals surface area contributed by atoms with E-state index < -0.39 is 0 Å². The van der Waals surface area contributed by atoms with Gasteiger partial charge in [0.1, 0.15) is 4.70 Å². The van der Waals surface area contributed by atoms with E-state index in [1.54, 1.807) is 4.57 Å². The molecule has 1 aliphatic heterocycles. The number of aromatic nitrogens is 3.